The zero-order valence-electron chi connectivity index (χ0n) is 19.1. The van der Waals surface area contributed by atoms with Crippen LogP contribution in [0.5, 0.6) is 0 Å². The molecule has 1 aromatic heterocycles. The molecule has 1 atom stereocenters. The predicted molar refractivity (Wildman–Crippen MR) is 125 cm³/mol. The standard InChI is InChI=1S/C22H32N6O3S/c1-17-8-9-21(15-24-17)28(22(23)29)18(2)20-7-5-6-19(14-20)16-26-10-12-27(13-11-26)32(30,31)25(3)4/h5-9,14-15,18H,10-13,16H2,1-4H3,(H2,23,29)/t18-/m0/s1. The summed E-state index contributed by atoms with van der Waals surface area (Å²) in [4.78, 5) is 20.3. The molecule has 1 aromatic carbocycles. The van der Waals surface area contributed by atoms with Crippen LogP contribution in [0.2, 0.25) is 0 Å². The maximum absolute atomic E-state index is 12.3. The number of anilines is 1. The highest BCUT2D eigenvalue weighted by molar-refractivity contribution is 7.86. The Bertz CT molecular complexity index is 1030. The van der Waals surface area contributed by atoms with E-state index >= 15 is 0 Å². The Morgan fingerprint density at radius 3 is 2.41 bits per heavy atom. The van der Waals surface area contributed by atoms with E-state index < -0.39 is 16.2 Å². The number of primary amides is 1. The molecular weight excluding hydrogens is 428 g/mol. The van der Waals surface area contributed by atoms with Gasteiger partial charge in [-0.25, -0.2) is 4.79 Å². The Morgan fingerprint density at radius 1 is 1.16 bits per heavy atom. The summed E-state index contributed by atoms with van der Waals surface area (Å²) in [5.41, 5.74) is 9.28. The van der Waals surface area contributed by atoms with Gasteiger partial charge in [0.05, 0.1) is 17.9 Å². The van der Waals surface area contributed by atoms with Gasteiger partial charge < -0.3 is 5.73 Å². The van der Waals surface area contributed by atoms with E-state index in [4.69, 9.17) is 5.73 Å². The summed E-state index contributed by atoms with van der Waals surface area (Å²) in [6.07, 6.45) is 1.65. The Kier molecular flexibility index (Phi) is 7.50. The van der Waals surface area contributed by atoms with Crippen molar-refractivity contribution >= 4 is 21.9 Å². The van der Waals surface area contributed by atoms with Gasteiger partial charge in [-0.3, -0.25) is 14.8 Å². The third-order valence-corrected chi connectivity index (χ3v) is 7.70. The lowest BCUT2D eigenvalue weighted by molar-refractivity contribution is 0.177. The van der Waals surface area contributed by atoms with E-state index in [0.29, 0.717) is 38.4 Å². The molecule has 2 aromatic rings. The van der Waals surface area contributed by atoms with Crippen LogP contribution >= 0.6 is 0 Å². The van der Waals surface area contributed by atoms with Crippen LogP contribution in [0.1, 0.15) is 29.8 Å². The number of hydrogen-bond donors (Lipinski definition) is 1. The number of rotatable bonds is 7. The highest BCUT2D eigenvalue weighted by Crippen LogP contribution is 2.27. The van der Waals surface area contributed by atoms with Crippen LogP contribution in [-0.4, -0.2) is 73.2 Å². The minimum atomic E-state index is -3.38. The summed E-state index contributed by atoms with van der Waals surface area (Å²) >= 11 is 0. The minimum Gasteiger partial charge on any atom is -0.351 e. The molecule has 9 nitrogen and oxygen atoms in total. The Hall–Kier alpha value is -2.53. The molecular formula is C22H32N6O3S. The SMILES string of the molecule is Cc1ccc(N(C(N)=O)[C@@H](C)c2cccc(CN3CCN(S(=O)(=O)N(C)C)CC3)c2)cn1. The lowest BCUT2D eigenvalue weighted by Crippen LogP contribution is -2.51. The number of pyridine rings is 1. The topological polar surface area (TPSA) is 103 Å². The largest absolute Gasteiger partial charge is 0.351 e. The second-order valence-electron chi connectivity index (χ2n) is 8.25. The van der Waals surface area contributed by atoms with Gasteiger partial charge in [0.25, 0.3) is 10.2 Å². The highest BCUT2D eigenvalue weighted by atomic mass is 32.2. The molecule has 10 heteroatoms. The lowest BCUT2D eigenvalue weighted by atomic mass is 10.0. The molecule has 0 radical (unpaired) electrons. The Balaban J connectivity index is 1.70. The number of benzene rings is 1. The molecule has 174 valence electrons. The summed E-state index contributed by atoms with van der Waals surface area (Å²) in [5.74, 6) is 0. The van der Waals surface area contributed by atoms with Gasteiger partial charge in [0.1, 0.15) is 0 Å². The second-order valence-corrected chi connectivity index (χ2v) is 10.4. The molecule has 1 saturated heterocycles. The van der Waals surface area contributed by atoms with Gasteiger partial charge in [-0.05, 0) is 37.1 Å². The van der Waals surface area contributed by atoms with Crippen molar-refractivity contribution in [2.75, 3.05) is 45.2 Å². The van der Waals surface area contributed by atoms with Gasteiger partial charge in [0, 0.05) is 52.5 Å². The van der Waals surface area contributed by atoms with Gasteiger partial charge in [-0.1, -0.05) is 24.3 Å². The van der Waals surface area contributed by atoms with E-state index in [9.17, 15) is 13.2 Å². The van der Waals surface area contributed by atoms with Gasteiger partial charge in [-0.2, -0.15) is 17.0 Å². The molecule has 1 aliphatic rings. The van der Waals surface area contributed by atoms with Gasteiger partial charge in [-0.15, -0.1) is 0 Å². The number of nitrogens with two attached hydrogens (primary N) is 1. The average Bonchev–Trinajstić information content (AvgIpc) is 2.75. The maximum Gasteiger partial charge on any atom is 0.319 e. The molecule has 2 amide bonds. The summed E-state index contributed by atoms with van der Waals surface area (Å²) in [6.45, 7) is 6.79. The molecule has 3 rings (SSSR count). The summed E-state index contributed by atoms with van der Waals surface area (Å²) in [6, 6.07) is 11.0. The second kappa shape index (κ2) is 9.95. The normalized spacial score (nSPS) is 16.8. The van der Waals surface area contributed by atoms with Gasteiger partial charge in [0.2, 0.25) is 0 Å². The molecule has 0 spiro atoms. The molecule has 0 saturated carbocycles. The zero-order valence-corrected chi connectivity index (χ0v) is 19.9. The quantitative estimate of drug-likeness (QED) is 0.680. The van der Waals surface area contributed by atoms with Crippen LogP contribution in [0.25, 0.3) is 0 Å². The van der Waals surface area contributed by atoms with Crippen LogP contribution in [0.4, 0.5) is 10.5 Å². The molecule has 32 heavy (non-hydrogen) atoms. The van der Waals surface area contributed by atoms with Crippen molar-refractivity contribution in [3.63, 3.8) is 0 Å². The fourth-order valence-corrected chi connectivity index (χ4v) is 4.94. The van der Waals surface area contributed by atoms with Gasteiger partial charge in [0.15, 0.2) is 0 Å². The first-order valence-electron chi connectivity index (χ1n) is 10.6. The highest BCUT2D eigenvalue weighted by Gasteiger charge is 2.28. The number of hydrogen-bond acceptors (Lipinski definition) is 5. The van der Waals surface area contributed by atoms with E-state index in [1.54, 1.807) is 20.3 Å². The Morgan fingerprint density at radius 2 is 1.84 bits per heavy atom. The fraction of sp³-hybridized carbons (Fsp3) is 0.455. The third-order valence-electron chi connectivity index (χ3n) is 5.76. The van der Waals surface area contributed by atoms with Crippen molar-refractivity contribution < 1.29 is 13.2 Å². The van der Waals surface area contributed by atoms with Crippen molar-refractivity contribution in [2.45, 2.75) is 26.4 Å². The summed E-state index contributed by atoms with van der Waals surface area (Å²) in [7, 11) is -0.271. The molecule has 1 fully saturated rings. The molecule has 0 bridgehead atoms. The fourth-order valence-electron chi connectivity index (χ4n) is 3.85. The van der Waals surface area contributed by atoms with Crippen molar-refractivity contribution in [2.24, 2.45) is 5.73 Å². The first kappa shape index (κ1) is 24.1. The van der Waals surface area contributed by atoms with Crippen molar-refractivity contribution in [1.82, 2.24) is 18.5 Å². The number of carbonyl (C=O) groups excluding carboxylic acids is 1. The van der Waals surface area contributed by atoms with Crippen molar-refractivity contribution in [1.29, 1.82) is 0 Å². The number of amides is 2. The van der Waals surface area contributed by atoms with E-state index in [2.05, 4.69) is 16.0 Å². The van der Waals surface area contributed by atoms with Crippen molar-refractivity contribution in [3.05, 3.63) is 59.4 Å². The number of carbonyl (C=O) groups is 1. The molecule has 2 N–H and O–H groups in total. The minimum absolute atomic E-state index is 0.265. The van der Waals surface area contributed by atoms with Crippen molar-refractivity contribution in [3.8, 4) is 0 Å². The number of nitrogens with zero attached hydrogens (tertiary/aromatic N) is 5. The van der Waals surface area contributed by atoms with Gasteiger partial charge >= 0.3 is 6.03 Å². The zero-order chi connectivity index (χ0) is 23.5. The summed E-state index contributed by atoms with van der Waals surface area (Å²) in [5, 5.41) is 0. The molecule has 2 heterocycles. The van der Waals surface area contributed by atoms with E-state index in [1.165, 1.54) is 13.5 Å². The lowest BCUT2D eigenvalue weighted by Gasteiger charge is -2.35. The van der Waals surface area contributed by atoms with Crippen LogP contribution in [0.3, 0.4) is 0 Å². The molecule has 0 unspecified atom stereocenters. The van der Waals surface area contributed by atoms with E-state index in [0.717, 1.165) is 16.8 Å². The smallest absolute Gasteiger partial charge is 0.319 e. The predicted octanol–water partition coefficient (Wildman–Crippen LogP) is 1.96. The first-order chi connectivity index (χ1) is 15.1. The third kappa shape index (κ3) is 5.44. The number of piperazine rings is 1. The molecule has 1 aliphatic heterocycles. The maximum atomic E-state index is 12.3. The van der Waals surface area contributed by atoms with Crippen LogP contribution in [0, 0.1) is 6.92 Å². The number of aromatic nitrogens is 1. The summed E-state index contributed by atoms with van der Waals surface area (Å²) < 4.78 is 27.4. The molecule has 0 aliphatic carbocycles. The van der Waals surface area contributed by atoms with E-state index in [1.807, 2.05) is 44.2 Å². The van der Waals surface area contributed by atoms with E-state index in [-0.39, 0.29) is 6.04 Å². The monoisotopic (exact) mass is 460 g/mol. The number of urea groups is 1. The first-order valence-corrected chi connectivity index (χ1v) is 12.0. The van der Waals surface area contributed by atoms with Crippen LogP contribution < -0.4 is 10.6 Å². The Labute approximate surface area is 190 Å². The number of aryl methyl sites for hydroxylation is 1. The average molecular weight is 461 g/mol. The van der Waals surface area contributed by atoms with Crippen LogP contribution in [-0.2, 0) is 16.8 Å². The van der Waals surface area contributed by atoms with Crippen LogP contribution in [0.15, 0.2) is 42.6 Å².